The maximum Gasteiger partial charge on any atom is 0.153 e. The number of anilines is 1. The fraction of sp³-hybridized carbons (Fsp3) is 0.222. The van der Waals surface area contributed by atoms with Gasteiger partial charge in [-0.2, -0.15) is 0 Å². The number of aromatic nitrogens is 2. The molecule has 2 heterocycles. The van der Waals surface area contributed by atoms with Crippen molar-refractivity contribution in [3.63, 3.8) is 0 Å². The number of nitrogens with zero attached hydrogens (tertiary/aromatic N) is 2. The summed E-state index contributed by atoms with van der Waals surface area (Å²) in [5.74, 6) is 0.628. The summed E-state index contributed by atoms with van der Waals surface area (Å²) < 4.78 is 7.76. The van der Waals surface area contributed by atoms with Crippen LogP contribution in [0.1, 0.15) is 5.69 Å². The molecule has 2 N–H and O–H groups in total. The van der Waals surface area contributed by atoms with Crippen LogP contribution < -0.4 is 5.73 Å². The smallest absolute Gasteiger partial charge is 0.153 e. The number of fused-ring (bicyclic) bond motifs is 1. The highest BCUT2D eigenvalue weighted by molar-refractivity contribution is 9.10. The Bertz CT molecular complexity index is 466. The number of halogens is 1. The molecule has 0 bridgehead atoms. The van der Waals surface area contributed by atoms with Gasteiger partial charge in [-0.3, -0.25) is 4.40 Å². The van der Waals surface area contributed by atoms with Gasteiger partial charge in [-0.25, -0.2) is 4.98 Å². The number of methoxy groups -OCH3 is 1. The molecule has 0 aliphatic rings. The number of ether oxygens (including phenoxy) is 1. The van der Waals surface area contributed by atoms with Crippen molar-refractivity contribution in [2.45, 2.75) is 6.61 Å². The molecule has 5 heteroatoms. The van der Waals surface area contributed by atoms with Crippen molar-refractivity contribution < 1.29 is 4.74 Å². The number of hydrogen-bond acceptors (Lipinski definition) is 3. The summed E-state index contributed by atoms with van der Waals surface area (Å²) in [6, 6.07) is 3.84. The minimum atomic E-state index is 0.431. The minimum Gasteiger partial charge on any atom is -0.383 e. The molecule has 2 rings (SSSR count). The quantitative estimate of drug-likeness (QED) is 0.891. The van der Waals surface area contributed by atoms with E-state index in [2.05, 4.69) is 20.9 Å². The van der Waals surface area contributed by atoms with E-state index in [9.17, 15) is 0 Å². The average Bonchev–Trinajstić information content (AvgIpc) is 2.48. The van der Waals surface area contributed by atoms with Crippen LogP contribution in [0.15, 0.2) is 22.8 Å². The zero-order valence-electron chi connectivity index (χ0n) is 7.70. The third-order valence-electron chi connectivity index (χ3n) is 2.00. The molecule has 0 atom stereocenters. The Morgan fingerprint density at radius 3 is 3.07 bits per heavy atom. The molecule has 0 aliphatic heterocycles. The first-order valence-electron chi connectivity index (χ1n) is 4.14. The van der Waals surface area contributed by atoms with Gasteiger partial charge in [0.05, 0.1) is 11.1 Å². The van der Waals surface area contributed by atoms with Crippen molar-refractivity contribution in [2.75, 3.05) is 12.8 Å². The van der Waals surface area contributed by atoms with E-state index in [-0.39, 0.29) is 0 Å². The van der Waals surface area contributed by atoms with E-state index in [4.69, 9.17) is 10.5 Å². The molecule has 0 radical (unpaired) electrons. The zero-order valence-corrected chi connectivity index (χ0v) is 9.28. The maximum absolute atomic E-state index is 5.89. The van der Waals surface area contributed by atoms with E-state index in [0.717, 1.165) is 15.8 Å². The van der Waals surface area contributed by atoms with E-state index >= 15 is 0 Å². The lowest BCUT2D eigenvalue weighted by Gasteiger charge is -1.97. The van der Waals surface area contributed by atoms with E-state index < -0.39 is 0 Å². The normalized spacial score (nSPS) is 11.0. The predicted octanol–water partition coefficient (Wildman–Crippen LogP) is 1.83. The monoisotopic (exact) mass is 255 g/mol. The zero-order chi connectivity index (χ0) is 10.1. The summed E-state index contributed by atoms with van der Waals surface area (Å²) in [5, 5.41) is 0. The van der Waals surface area contributed by atoms with Crippen LogP contribution in [0.4, 0.5) is 5.82 Å². The molecule has 2 aromatic rings. The fourth-order valence-electron chi connectivity index (χ4n) is 1.34. The molecule has 0 fully saturated rings. The first-order valence-corrected chi connectivity index (χ1v) is 4.93. The summed E-state index contributed by atoms with van der Waals surface area (Å²) >= 11 is 3.42. The molecule has 2 aromatic heterocycles. The molecular weight excluding hydrogens is 246 g/mol. The molecule has 0 unspecified atom stereocenters. The van der Waals surface area contributed by atoms with Crippen molar-refractivity contribution in [2.24, 2.45) is 0 Å². The third kappa shape index (κ3) is 1.38. The SMILES string of the molecule is COCc1nc2c(Br)cccn2c1N. The largest absolute Gasteiger partial charge is 0.383 e. The van der Waals surface area contributed by atoms with Gasteiger partial charge in [-0.05, 0) is 28.1 Å². The maximum atomic E-state index is 5.89. The third-order valence-corrected chi connectivity index (χ3v) is 2.62. The number of rotatable bonds is 2. The van der Waals surface area contributed by atoms with Crippen LogP contribution in [-0.4, -0.2) is 16.5 Å². The van der Waals surface area contributed by atoms with Gasteiger partial charge in [0.25, 0.3) is 0 Å². The lowest BCUT2D eigenvalue weighted by molar-refractivity contribution is 0.182. The molecular formula is C9H10BrN3O. The topological polar surface area (TPSA) is 52.5 Å². The van der Waals surface area contributed by atoms with Crippen LogP contribution in [0.25, 0.3) is 5.65 Å². The molecule has 0 amide bonds. The summed E-state index contributed by atoms with van der Waals surface area (Å²) in [4.78, 5) is 4.37. The number of nitrogen functional groups attached to an aromatic ring is 1. The lowest BCUT2D eigenvalue weighted by atomic mass is 10.4. The first kappa shape index (κ1) is 9.48. The molecule has 0 spiro atoms. The van der Waals surface area contributed by atoms with E-state index in [1.165, 1.54) is 0 Å². The van der Waals surface area contributed by atoms with Gasteiger partial charge < -0.3 is 10.5 Å². The van der Waals surface area contributed by atoms with Crippen LogP contribution in [-0.2, 0) is 11.3 Å². The van der Waals surface area contributed by atoms with Gasteiger partial charge in [0, 0.05) is 13.3 Å². The van der Waals surface area contributed by atoms with Gasteiger partial charge in [-0.1, -0.05) is 0 Å². The highest BCUT2D eigenvalue weighted by Crippen LogP contribution is 2.22. The minimum absolute atomic E-state index is 0.431. The van der Waals surface area contributed by atoms with Crippen LogP contribution in [0.3, 0.4) is 0 Å². The Morgan fingerprint density at radius 1 is 1.64 bits per heavy atom. The van der Waals surface area contributed by atoms with Crippen molar-refractivity contribution >= 4 is 27.4 Å². The Balaban J connectivity index is 2.67. The van der Waals surface area contributed by atoms with E-state index in [1.54, 1.807) is 7.11 Å². The van der Waals surface area contributed by atoms with Crippen molar-refractivity contribution in [3.05, 3.63) is 28.5 Å². The molecule has 14 heavy (non-hydrogen) atoms. The van der Waals surface area contributed by atoms with Crippen LogP contribution >= 0.6 is 15.9 Å². The first-order chi connectivity index (χ1) is 6.74. The second-order valence-corrected chi connectivity index (χ2v) is 3.78. The molecule has 0 saturated carbocycles. The molecule has 74 valence electrons. The highest BCUT2D eigenvalue weighted by atomic mass is 79.9. The predicted molar refractivity (Wildman–Crippen MR) is 58.0 cm³/mol. The average molecular weight is 256 g/mol. The molecule has 0 saturated heterocycles. The number of imidazole rings is 1. The Hall–Kier alpha value is -1.07. The van der Waals surface area contributed by atoms with Gasteiger partial charge in [0.2, 0.25) is 0 Å². The lowest BCUT2D eigenvalue weighted by Crippen LogP contribution is -1.97. The molecule has 4 nitrogen and oxygen atoms in total. The Labute approximate surface area is 89.8 Å². The highest BCUT2D eigenvalue weighted by Gasteiger charge is 2.09. The van der Waals surface area contributed by atoms with Crippen molar-refractivity contribution in [1.82, 2.24) is 9.38 Å². The van der Waals surface area contributed by atoms with Crippen molar-refractivity contribution in [3.8, 4) is 0 Å². The summed E-state index contributed by atoms with van der Waals surface area (Å²) in [7, 11) is 1.62. The Morgan fingerprint density at radius 2 is 2.43 bits per heavy atom. The van der Waals surface area contributed by atoms with E-state index in [0.29, 0.717) is 12.4 Å². The number of hydrogen-bond donors (Lipinski definition) is 1. The second kappa shape index (κ2) is 3.59. The van der Waals surface area contributed by atoms with E-state index in [1.807, 2.05) is 22.7 Å². The standard InChI is InChI=1S/C9H10BrN3O/c1-14-5-7-8(11)13-4-2-3-6(10)9(13)12-7/h2-4H,5,11H2,1H3. The number of nitrogens with two attached hydrogens (primary N) is 1. The second-order valence-electron chi connectivity index (χ2n) is 2.93. The van der Waals surface area contributed by atoms with Crippen molar-refractivity contribution in [1.29, 1.82) is 0 Å². The Kier molecular flexibility index (Phi) is 2.43. The molecule has 0 aromatic carbocycles. The summed E-state index contributed by atoms with van der Waals surface area (Å²) in [6.07, 6.45) is 1.88. The molecule has 0 aliphatic carbocycles. The summed E-state index contributed by atoms with van der Waals surface area (Å²) in [5.41, 5.74) is 7.47. The van der Waals surface area contributed by atoms with Gasteiger partial charge in [0.1, 0.15) is 11.5 Å². The summed E-state index contributed by atoms with van der Waals surface area (Å²) in [6.45, 7) is 0.431. The van der Waals surface area contributed by atoms with Crippen LogP contribution in [0.2, 0.25) is 0 Å². The van der Waals surface area contributed by atoms with Gasteiger partial charge in [-0.15, -0.1) is 0 Å². The van der Waals surface area contributed by atoms with Gasteiger partial charge >= 0.3 is 0 Å². The van der Waals surface area contributed by atoms with Gasteiger partial charge in [0.15, 0.2) is 5.65 Å². The fourth-order valence-corrected chi connectivity index (χ4v) is 1.77. The van der Waals surface area contributed by atoms with Crippen LogP contribution in [0, 0.1) is 0 Å². The number of pyridine rings is 1. The van der Waals surface area contributed by atoms with Crippen LogP contribution in [0.5, 0.6) is 0 Å².